The number of nitrogens with zero attached hydrogens (tertiary/aromatic N) is 3. The van der Waals surface area contributed by atoms with Gasteiger partial charge in [0.2, 0.25) is 5.91 Å². The first-order valence-electron chi connectivity index (χ1n) is 10.6. The van der Waals surface area contributed by atoms with E-state index in [0.717, 1.165) is 36.0 Å². The molecule has 4 rings (SSSR count). The highest BCUT2D eigenvalue weighted by Gasteiger charge is 2.17. The van der Waals surface area contributed by atoms with Gasteiger partial charge in [0.05, 0.1) is 12.6 Å². The molecule has 1 aliphatic rings. The molecule has 7 nitrogen and oxygen atoms in total. The number of carbonyl (C=O) groups excluding carboxylic acids is 1. The Balaban J connectivity index is 1.59. The van der Waals surface area contributed by atoms with Gasteiger partial charge in [0.25, 0.3) is 5.56 Å². The van der Waals surface area contributed by atoms with Gasteiger partial charge in [0, 0.05) is 18.4 Å². The summed E-state index contributed by atoms with van der Waals surface area (Å²) in [6.45, 7) is 2.50. The standard InChI is InChI=1S/C23H28N4O3/c1-3-21-25-26(15-22(28)24-13-12-16-8-5-4-6-9-16)23(29)19-14-17-18(27(19)21)10-7-11-20(17)30-2/h7-8,10-11,14H,3-6,9,12-13,15H2,1-2H3,(H,24,28). The van der Waals surface area contributed by atoms with E-state index in [9.17, 15) is 9.59 Å². The van der Waals surface area contributed by atoms with Crippen LogP contribution in [0, 0.1) is 0 Å². The van der Waals surface area contributed by atoms with Crippen LogP contribution in [-0.2, 0) is 17.8 Å². The van der Waals surface area contributed by atoms with Gasteiger partial charge in [-0.15, -0.1) is 0 Å². The highest BCUT2D eigenvalue weighted by Crippen LogP contribution is 2.28. The van der Waals surface area contributed by atoms with Crippen LogP contribution >= 0.6 is 0 Å². The van der Waals surface area contributed by atoms with Crippen molar-refractivity contribution < 1.29 is 9.53 Å². The summed E-state index contributed by atoms with van der Waals surface area (Å²) in [6, 6.07) is 7.53. The fourth-order valence-electron chi connectivity index (χ4n) is 4.20. The lowest BCUT2D eigenvalue weighted by Gasteiger charge is -2.13. The number of hydrogen-bond donors (Lipinski definition) is 1. The summed E-state index contributed by atoms with van der Waals surface area (Å²) >= 11 is 0. The summed E-state index contributed by atoms with van der Waals surface area (Å²) in [5.41, 5.74) is 2.51. The number of nitrogens with one attached hydrogen (secondary N) is 1. The predicted molar refractivity (Wildman–Crippen MR) is 117 cm³/mol. The molecule has 0 saturated carbocycles. The second kappa shape index (κ2) is 8.73. The van der Waals surface area contributed by atoms with Gasteiger partial charge in [-0.25, -0.2) is 4.68 Å². The largest absolute Gasteiger partial charge is 0.496 e. The summed E-state index contributed by atoms with van der Waals surface area (Å²) in [7, 11) is 1.61. The van der Waals surface area contributed by atoms with E-state index in [2.05, 4.69) is 16.5 Å². The van der Waals surface area contributed by atoms with E-state index in [0.29, 0.717) is 24.2 Å². The van der Waals surface area contributed by atoms with Crippen molar-refractivity contribution in [3.8, 4) is 5.75 Å². The second-order valence-electron chi connectivity index (χ2n) is 7.70. The molecule has 0 aliphatic heterocycles. The molecule has 0 spiro atoms. The van der Waals surface area contributed by atoms with Crippen molar-refractivity contribution in [1.29, 1.82) is 0 Å². The predicted octanol–water partition coefficient (Wildman–Crippen LogP) is 3.23. The SMILES string of the molecule is CCc1nn(CC(=O)NCCC2=CCCCC2)c(=O)c2cc3c(OC)cccc3n12. The Hall–Kier alpha value is -3.09. The summed E-state index contributed by atoms with van der Waals surface area (Å²) in [4.78, 5) is 25.5. The van der Waals surface area contributed by atoms with Crippen LogP contribution < -0.4 is 15.6 Å². The lowest BCUT2D eigenvalue weighted by atomic mass is 9.97. The van der Waals surface area contributed by atoms with Crippen molar-refractivity contribution in [1.82, 2.24) is 19.5 Å². The van der Waals surface area contributed by atoms with Gasteiger partial charge in [-0.3, -0.25) is 14.0 Å². The minimum absolute atomic E-state index is 0.0833. The monoisotopic (exact) mass is 408 g/mol. The minimum atomic E-state index is -0.282. The van der Waals surface area contributed by atoms with E-state index in [1.54, 1.807) is 7.11 Å². The van der Waals surface area contributed by atoms with Gasteiger partial charge in [-0.2, -0.15) is 5.10 Å². The number of allylic oxidation sites excluding steroid dienone is 1. The maximum absolute atomic E-state index is 13.1. The number of aryl methyl sites for hydroxylation is 1. The maximum Gasteiger partial charge on any atom is 0.291 e. The van der Waals surface area contributed by atoms with E-state index < -0.39 is 0 Å². The summed E-state index contributed by atoms with van der Waals surface area (Å²) in [6.07, 6.45) is 8.54. The van der Waals surface area contributed by atoms with E-state index in [-0.39, 0.29) is 18.0 Å². The van der Waals surface area contributed by atoms with Crippen LogP contribution in [0.1, 0.15) is 44.9 Å². The Labute approximate surface area is 175 Å². The third-order valence-electron chi connectivity index (χ3n) is 5.74. The molecule has 0 fully saturated rings. The number of hydrogen-bond acceptors (Lipinski definition) is 4. The number of fused-ring (bicyclic) bond motifs is 3. The quantitative estimate of drug-likeness (QED) is 0.609. The van der Waals surface area contributed by atoms with Crippen molar-refractivity contribution in [3.05, 3.63) is 52.1 Å². The molecule has 7 heteroatoms. The third kappa shape index (κ3) is 3.84. The molecular formula is C23H28N4O3. The number of methoxy groups -OCH3 is 1. The van der Waals surface area contributed by atoms with Crippen molar-refractivity contribution >= 4 is 22.3 Å². The number of ether oxygens (including phenoxy) is 1. The zero-order valence-corrected chi connectivity index (χ0v) is 17.6. The number of aromatic nitrogens is 3. The molecule has 30 heavy (non-hydrogen) atoms. The second-order valence-corrected chi connectivity index (χ2v) is 7.70. The molecular weight excluding hydrogens is 380 g/mol. The molecule has 158 valence electrons. The molecule has 2 heterocycles. The smallest absolute Gasteiger partial charge is 0.291 e. The van der Waals surface area contributed by atoms with E-state index >= 15 is 0 Å². The van der Waals surface area contributed by atoms with Crippen molar-refractivity contribution in [2.75, 3.05) is 13.7 Å². The molecule has 3 aromatic rings. The number of amides is 1. The average molecular weight is 409 g/mol. The van der Waals surface area contributed by atoms with Crippen LogP contribution in [-0.4, -0.2) is 33.7 Å². The zero-order valence-electron chi connectivity index (χ0n) is 17.6. The Morgan fingerprint density at radius 1 is 1.27 bits per heavy atom. The Kier molecular flexibility index (Phi) is 5.88. The molecule has 0 bridgehead atoms. The number of benzene rings is 1. The molecule has 0 saturated heterocycles. The molecule has 1 N–H and O–H groups in total. The molecule has 1 aromatic carbocycles. The Bertz CT molecular complexity index is 1170. The van der Waals surface area contributed by atoms with E-state index in [1.165, 1.54) is 23.1 Å². The topological polar surface area (TPSA) is 77.6 Å². The van der Waals surface area contributed by atoms with Crippen LogP contribution in [0.2, 0.25) is 0 Å². The van der Waals surface area contributed by atoms with Crippen molar-refractivity contribution in [2.24, 2.45) is 0 Å². The fourth-order valence-corrected chi connectivity index (χ4v) is 4.20. The molecule has 0 atom stereocenters. The highest BCUT2D eigenvalue weighted by atomic mass is 16.5. The van der Waals surface area contributed by atoms with E-state index in [1.807, 2.05) is 35.6 Å². The zero-order chi connectivity index (χ0) is 21.1. The molecule has 0 unspecified atom stereocenters. The summed E-state index contributed by atoms with van der Waals surface area (Å²) in [5, 5.41) is 8.28. The Morgan fingerprint density at radius 3 is 2.87 bits per heavy atom. The first-order valence-corrected chi connectivity index (χ1v) is 10.6. The van der Waals surface area contributed by atoms with Crippen LogP contribution in [0.15, 0.2) is 40.7 Å². The maximum atomic E-state index is 13.1. The normalized spacial score (nSPS) is 14.1. The van der Waals surface area contributed by atoms with Gasteiger partial charge in [-0.1, -0.05) is 24.6 Å². The van der Waals surface area contributed by atoms with Gasteiger partial charge in [-0.05, 0) is 50.3 Å². The molecule has 2 aromatic heterocycles. The van der Waals surface area contributed by atoms with Crippen LogP contribution in [0.3, 0.4) is 0 Å². The van der Waals surface area contributed by atoms with Crippen molar-refractivity contribution in [2.45, 2.75) is 52.0 Å². The lowest BCUT2D eigenvalue weighted by molar-refractivity contribution is -0.121. The first-order chi connectivity index (χ1) is 14.6. The van der Waals surface area contributed by atoms with Crippen LogP contribution in [0.5, 0.6) is 5.75 Å². The van der Waals surface area contributed by atoms with Crippen molar-refractivity contribution in [3.63, 3.8) is 0 Å². The van der Waals surface area contributed by atoms with Gasteiger partial charge < -0.3 is 10.1 Å². The first kappa shape index (κ1) is 20.2. The lowest BCUT2D eigenvalue weighted by Crippen LogP contribution is -2.35. The summed E-state index contributed by atoms with van der Waals surface area (Å²) < 4.78 is 8.59. The van der Waals surface area contributed by atoms with Gasteiger partial charge >= 0.3 is 0 Å². The average Bonchev–Trinajstić information content (AvgIpc) is 3.17. The number of carbonyl (C=O) groups is 1. The van der Waals surface area contributed by atoms with Crippen LogP contribution in [0.4, 0.5) is 0 Å². The van der Waals surface area contributed by atoms with Gasteiger partial charge in [0.15, 0.2) is 0 Å². The third-order valence-corrected chi connectivity index (χ3v) is 5.74. The molecule has 0 radical (unpaired) electrons. The molecule has 1 aliphatic carbocycles. The van der Waals surface area contributed by atoms with Gasteiger partial charge in [0.1, 0.15) is 23.6 Å². The minimum Gasteiger partial charge on any atom is -0.496 e. The summed E-state index contributed by atoms with van der Waals surface area (Å²) in [5.74, 6) is 1.24. The van der Waals surface area contributed by atoms with Crippen LogP contribution in [0.25, 0.3) is 16.4 Å². The Morgan fingerprint density at radius 2 is 2.13 bits per heavy atom. The molecule has 1 amide bonds. The number of rotatable bonds is 7. The van der Waals surface area contributed by atoms with E-state index in [4.69, 9.17) is 4.74 Å². The highest BCUT2D eigenvalue weighted by molar-refractivity contribution is 5.92. The fraction of sp³-hybridized carbons (Fsp3) is 0.435.